The molecular weight excluding hydrogens is 246 g/mol. The highest BCUT2D eigenvalue weighted by atomic mass is 32.2. The minimum atomic E-state index is -3.16. The van der Waals surface area contributed by atoms with Gasteiger partial charge in [-0.1, -0.05) is 36.4 Å². The summed E-state index contributed by atoms with van der Waals surface area (Å²) in [6.07, 6.45) is 0.993. The molecule has 0 aliphatic carbocycles. The van der Waals surface area contributed by atoms with Crippen molar-refractivity contribution < 1.29 is 22.5 Å². The van der Waals surface area contributed by atoms with Crippen LogP contribution in [0.4, 0.5) is 0 Å². The van der Waals surface area contributed by atoms with Crippen LogP contribution in [-0.2, 0) is 19.1 Å². The Kier molecular flexibility index (Phi) is 11.7. The predicted octanol–water partition coefficient (Wildman–Crippen LogP) is 0.309. The lowest BCUT2D eigenvalue weighted by molar-refractivity contribution is -0.135. The molecule has 17 heavy (non-hydrogen) atoms. The summed E-state index contributed by atoms with van der Waals surface area (Å²) in [4.78, 5) is 9.24. The number of nitrogens with two attached hydrogens (primary N) is 1. The highest BCUT2D eigenvalue weighted by molar-refractivity contribution is 7.85. The van der Waals surface area contributed by atoms with Gasteiger partial charge in [0.25, 0.3) is 10.1 Å². The van der Waals surface area contributed by atoms with E-state index in [1.54, 1.807) is 0 Å². The van der Waals surface area contributed by atoms with Crippen molar-refractivity contribution in [2.75, 3.05) is 19.9 Å². The molecular formula is C10H17NO5S. The van der Waals surface area contributed by atoms with Gasteiger partial charge >= 0.3 is 5.97 Å². The summed E-state index contributed by atoms with van der Waals surface area (Å²) in [6.45, 7) is -0.278. The summed E-state index contributed by atoms with van der Waals surface area (Å²) in [6, 6.07) is 12.0. The van der Waals surface area contributed by atoms with E-state index < -0.39 is 16.1 Å². The van der Waals surface area contributed by atoms with Crippen LogP contribution in [0, 0.1) is 0 Å². The van der Waals surface area contributed by atoms with Crippen LogP contribution in [0.1, 0.15) is 0 Å². The van der Waals surface area contributed by atoms with Crippen LogP contribution < -0.4 is 5.73 Å². The first-order chi connectivity index (χ1) is 7.83. The first-order valence-corrected chi connectivity index (χ1v) is 6.32. The highest BCUT2D eigenvalue weighted by Gasteiger charge is 1.90. The van der Waals surface area contributed by atoms with Crippen LogP contribution in [0.15, 0.2) is 36.4 Å². The largest absolute Gasteiger partial charge is 0.480 e. The van der Waals surface area contributed by atoms with Crippen LogP contribution in [0.3, 0.4) is 0 Å². The number of rotatable bonds is 2. The van der Waals surface area contributed by atoms with Crippen molar-refractivity contribution in [1.82, 2.24) is 0 Å². The van der Waals surface area contributed by atoms with Gasteiger partial charge in [-0.2, -0.15) is 8.42 Å². The Morgan fingerprint density at radius 3 is 1.41 bits per heavy atom. The van der Waals surface area contributed by atoms with Crippen LogP contribution in [-0.4, -0.2) is 39.4 Å². The Balaban J connectivity index is 0. The van der Waals surface area contributed by atoms with E-state index in [1.165, 1.54) is 0 Å². The van der Waals surface area contributed by atoms with E-state index in [2.05, 4.69) is 9.92 Å². The summed E-state index contributed by atoms with van der Waals surface area (Å²) in [7, 11) is -2.04. The smallest absolute Gasteiger partial charge is 0.317 e. The molecule has 6 nitrogen and oxygen atoms in total. The molecule has 0 aromatic heterocycles. The molecule has 0 fully saturated rings. The van der Waals surface area contributed by atoms with E-state index in [4.69, 9.17) is 5.11 Å². The minimum absolute atomic E-state index is 0.278. The Labute approximate surface area is 101 Å². The lowest BCUT2D eigenvalue weighted by Gasteiger charge is -1.84. The lowest BCUT2D eigenvalue weighted by atomic mass is 10.4. The molecule has 98 valence electrons. The Morgan fingerprint density at radius 2 is 1.35 bits per heavy atom. The third-order valence-electron chi connectivity index (χ3n) is 1.14. The van der Waals surface area contributed by atoms with Gasteiger partial charge < -0.3 is 10.8 Å². The average Bonchev–Trinajstić information content (AvgIpc) is 2.32. The maximum Gasteiger partial charge on any atom is 0.317 e. The topological polar surface area (TPSA) is 107 Å². The van der Waals surface area contributed by atoms with Crippen molar-refractivity contribution in [2.24, 2.45) is 5.73 Å². The standard InChI is InChI=1S/C6H6.C2H5NO2.C2H6O3S/c1-2-4-6-5-3-1;3-1-2(4)5;1-5-6(2,3)4/h1-6H;1,3H2,(H,4,5);1-2H3. The van der Waals surface area contributed by atoms with Crippen molar-refractivity contribution in [3.05, 3.63) is 36.4 Å². The summed E-state index contributed by atoms with van der Waals surface area (Å²) >= 11 is 0. The first kappa shape index (κ1) is 17.9. The number of benzene rings is 1. The van der Waals surface area contributed by atoms with Crippen molar-refractivity contribution in [3.8, 4) is 0 Å². The van der Waals surface area contributed by atoms with Gasteiger partial charge in [-0.3, -0.25) is 8.98 Å². The van der Waals surface area contributed by atoms with Crippen molar-refractivity contribution in [2.45, 2.75) is 0 Å². The van der Waals surface area contributed by atoms with Gasteiger partial charge in [-0.05, 0) is 0 Å². The molecule has 0 spiro atoms. The van der Waals surface area contributed by atoms with Crippen LogP contribution in [0.2, 0.25) is 0 Å². The van der Waals surface area contributed by atoms with Gasteiger partial charge in [0.15, 0.2) is 0 Å². The average molecular weight is 263 g/mol. The molecule has 3 N–H and O–H groups in total. The van der Waals surface area contributed by atoms with Crippen molar-refractivity contribution >= 4 is 16.1 Å². The second-order valence-corrected chi connectivity index (χ2v) is 4.36. The predicted molar refractivity (Wildman–Crippen MR) is 65.0 cm³/mol. The van der Waals surface area contributed by atoms with E-state index >= 15 is 0 Å². The van der Waals surface area contributed by atoms with Gasteiger partial charge in [0.05, 0.1) is 19.9 Å². The van der Waals surface area contributed by atoms with Crippen LogP contribution in [0.5, 0.6) is 0 Å². The zero-order valence-electron chi connectivity index (χ0n) is 9.74. The quantitative estimate of drug-likeness (QED) is 0.744. The summed E-state index contributed by atoms with van der Waals surface area (Å²) in [5.74, 6) is -0.968. The zero-order valence-corrected chi connectivity index (χ0v) is 10.6. The Hall–Kier alpha value is -1.44. The summed E-state index contributed by atoms with van der Waals surface area (Å²) < 4.78 is 23.5. The minimum Gasteiger partial charge on any atom is -0.480 e. The third kappa shape index (κ3) is 25.1. The molecule has 0 heterocycles. The number of aliphatic carboxylic acids is 1. The van der Waals surface area contributed by atoms with Gasteiger partial charge in [-0.25, -0.2) is 0 Å². The molecule has 7 heteroatoms. The van der Waals surface area contributed by atoms with Gasteiger partial charge in [0.2, 0.25) is 0 Å². The first-order valence-electron chi connectivity index (χ1n) is 4.51. The third-order valence-corrected chi connectivity index (χ3v) is 1.75. The van der Waals surface area contributed by atoms with Gasteiger partial charge in [0.1, 0.15) is 0 Å². The highest BCUT2D eigenvalue weighted by Crippen LogP contribution is 1.79. The molecule has 1 rings (SSSR count). The van der Waals surface area contributed by atoms with Crippen LogP contribution >= 0.6 is 0 Å². The summed E-state index contributed by atoms with van der Waals surface area (Å²) in [5, 5.41) is 7.60. The number of carboxylic acids is 1. The maximum atomic E-state index is 9.78. The molecule has 0 aliphatic heterocycles. The number of hydrogen-bond donors (Lipinski definition) is 2. The fourth-order valence-corrected chi connectivity index (χ4v) is 0.385. The SMILES string of the molecule is COS(C)(=O)=O.NCC(=O)O.c1ccccc1. The molecule has 1 aromatic rings. The normalized spacial score (nSPS) is 9.12. The summed E-state index contributed by atoms with van der Waals surface area (Å²) in [5.41, 5.74) is 4.57. The Bertz CT molecular complexity index is 350. The lowest BCUT2D eigenvalue weighted by Crippen LogP contribution is -2.10. The van der Waals surface area contributed by atoms with Gasteiger partial charge in [-0.15, -0.1) is 0 Å². The molecule has 0 unspecified atom stereocenters. The monoisotopic (exact) mass is 263 g/mol. The van der Waals surface area contributed by atoms with Gasteiger partial charge in [0, 0.05) is 0 Å². The fraction of sp³-hybridized carbons (Fsp3) is 0.300. The maximum absolute atomic E-state index is 9.78. The second-order valence-electron chi connectivity index (χ2n) is 2.62. The number of carbonyl (C=O) groups is 1. The fourth-order valence-electron chi connectivity index (χ4n) is 0.385. The molecule has 0 saturated heterocycles. The molecule has 1 aromatic carbocycles. The van der Waals surface area contributed by atoms with E-state index in [9.17, 15) is 13.2 Å². The van der Waals surface area contributed by atoms with E-state index in [-0.39, 0.29) is 6.54 Å². The second kappa shape index (κ2) is 11.1. The van der Waals surface area contributed by atoms with Crippen LogP contribution in [0.25, 0.3) is 0 Å². The van der Waals surface area contributed by atoms with Crippen molar-refractivity contribution in [3.63, 3.8) is 0 Å². The Morgan fingerprint density at radius 1 is 1.18 bits per heavy atom. The number of carboxylic acid groups (broad SMARTS) is 1. The van der Waals surface area contributed by atoms with Crippen molar-refractivity contribution in [1.29, 1.82) is 0 Å². The molecule has 0 radical (unpaired) electrons. The molecule has 0 saturated carbocycles. The molecule has 0 bridgehead atoms. The molecule has 0 aliphatic rings. The van der Waals surface area contributed by atoms with E-state index in [1.807, 2.05) is 36.4 Å². The number of hydrogen-bond acceptors (Lipinski definition) is 5. The molecule has 0 amide bonds. The molecule has 0 atom stereocenters. The van der Waals surface area contributed by atoms with E-state index in [0.717, 1.165) is 13.4 Å². The zero-order chi connectivity index (χ0) is 13.7. The van der Waals surface area contributed by atoms with E-state index in [0.29, 0.717) is 0 Å².